The molecule has 1 amide bonds. The smallest absolute Gasteiger partial charge is 0.241 e. The lowest BCUT2D eigenvalue weighted by Gasteiger charge is -2.25. The third-order valence-corrected chi connectivity index (χ3v) is 4.53. The molecular weight excluding hydrogens is 336 g/mol. The molecule has 0 heterocycles. The van der Waals surface area contributed by atoms with E-state index < -0.39 is 16.8 Å². The van der Waals surface area contributed by atoms with Crippen molar-refractivity contribution < 1.29 is 13.7 Å². The monoisotopic (exact) mass is 362 g/mol. The van der Waals surface area contributed by atoms with Crippen LogP contribution in [0.15, 0.2) is 24.3 Å². The fraction of sp³-hybridized carbons (Fsp3) is 0.562. The van der Waals surface area contributed by atoms with Crippen LogP contribution >= 0.6 is 12.4 Å². The number of benzene rings is 1. The Morgan fingerprint density at radius 3 is 2.61 bits per heavy atom. The standard InChI is InChI=1S/C16H26N2O3S.ClH/c1-16(2,3)14(17)15(19)18-13-7-5-6-12(10-13)11-22(20)9-8-21-4;/h5-7,10,14H,8-9,11,17H2,1-4H3,(H,18,19);1H/t14-,22?;/m1./s1. The Kier molecular flexibility index (Phi) is 9.61. The zero-order valence-corrected chi connectivity index (χ0v) is 15.8. The van der Waals surface area contributed by atoms with Gasteiger partial charge in [-0.3, -0.25) is 9.00 Å². The Bertz CT molecular complexity index is 532. The van der Waals surface area contributed by atoms with Gasteiger partial charge in [-0.1, -0.05) is 32.9 Å². The van der Waals surface area contributed by atoms with Crippen molar-refractivity contribution in [2.75, 3.05) is 24.8 Å². The van der Waals surface area contributed by atoms with Crippen molar-refractivity contribution in [2.24, 2.45) is 11.1 Å². The number of carbonyl (C=O) groups is 1. The quantitative estimate of drug-likeness (QED) is 0.779. The lowest BCUT2D eigenvalue weighted by Crippen LogP contribution is -2.45. The predicted octanol–water partition coefficient (Wildman–Crippen LogP) is 2.32. The molecule has 0 radical (unpaired) electrons. The van der Waals surface area contributed by atoms with E-state index in [2.05, 4.69) is 5.32 Å². The Hall–Kier alpha value is -0.950. The second kappa shape index (κ2) is 10.0. The SMILES string of the molecule is COCCS(=O)Cc1cccc(NC(=O)[C@@H](N)C(C)(C)C)c1.Cl. The maximum atomic E-state index is 12.1. The molecule has 7 heteroatoms. The molecule has 2 atom stereocenters. The van der Waals surface area contributed by atoms with Gasteiger partial charge >= 0.3 is 0 Å². The molecule has 1 unspecified atom stereocenters. The van der Waals surface area contributed by atoms with E-state index in [1.54, 1.807) is 13.2 Å². The highest BCUT2D eigenvalue weighted by Crippen LogP contribution is 2.19. The van der Waals surface area contributed by atoms with Gasteiger partial charge in [0.2, 0.25) is 5.91 Å². The number of ether oxygens (including phenoxy) is 1. The Balaban J connectivity index is 0.00000484. The second-order valence-electron chi connectivity index (χ2n) is 6.31. The Labute approximate surface area is 147 Å². The van der Waals surface area contributed by atoms with E-state index in [-0.39, 0.29) is 23.7 Å². The average Bonchev–Trinajstić information content (AvgIpc) is 2.43. The second-order valence-corrected chi connectivity index (χ2v) is 7.89. The summed E-state index contributed by atoms with van der Waals surface area (Å²) in [6, 6.07) is 6.77. The summed E-state index contributed by atoms with van der Waals surface area (Å²) >= 11 is 0. The van der Waals surface area contributed by atoms with Gasteiger partial charge in [0.1, 0.15) is 0 Å². The van der Waals surface area contributed by atoms with Crippen molar-refractivity contribution in [1.82, 2.24) is 0 Å². The highest BCUT2D eigenvalue weighted by molar-refractivity contribution is 7.84. The number of rotatable bonds is 7. The molecule has 0 fully saturated rings. The minimum atomic E-state index is -0.977. The number of nitrogens with one attached hydrogen (secondary N) is 1. The molecule has 0 aliphatic heterocycles. The molecule has 5 nitrogen and oxygen atoms in total. The summed E-state index contributed by atoms with van der Waals surface area (Å²) in [5.74, 6) is 0.727. The van der Waals surface area contributed by atoms with Crippen LogP contribution in [0.4, 0.5) is 5.69 Å². The third kappa shape index (κ3) is 7.92. The van der Waals surface area contributed by atoms with E-state index >= 15 is 0 Å². The Morgan fingerprint density at radius 1 is 1.39 bits per heavy atom. The van der Waals surface area contributed by atoms with Crippen molar-refractivity contribution in [2.45, 2.75) is 32.6 Å². The van der Waals surface area contributed by atoms with Crippen molar-refractivity contribution in [1.29, 1.82) is 0 Å². The maximum absolute atomic E-state index is 12.1. The van der Waals surface area contributed by atoms with Gasteiger partial charge in [0.05, 0.1) is 12.6 Å². The van der Waals surface area contributed by atoms with Gasteiger partial charge in [0.15, 0.2) is 0 Å². The molecule has 0 saturated heterocycles. The fourth-order valence-electron chi connectivity index (χ4n) is 1.79. The third-order valence-electron chi connectivity index (χ3n) is 3.25. The number of methoxy groups -OCH3 is 1. The number of carbonyl (C=O) groups excluding carboxylic acids is 1. The van der Waals surface area contributed by atoms with Crippen LogP contribution in [-0.2, 0) is 26.1 Å². The molecule has 0 spiro atoms. The maximum Gasteiger partial charge on any atom is 0.241 e. The summed E-state index contributed by atoms with van der Waals surface area (Å²) < 4.78 is 16.8. The number of nitrogens with two attached hydrogens (primary N) is 1. The van der Waals surface area contributed by atoms with Crippen molar-refractivity contribution in [3.05, 3.63) is 29.8 Å². The minimum Gasteiger partial charge on any atom is -0.384 e. The van der Waals surface area contributed by atoms with E-state index in [4.69, 9.17) is 10.5 Å². The van der Waals surface area contributed by atoms with E-state index in [0.29, 0.717) is 23.8 Å². The topological polar surface area (TPSA) is 81.4 Å². The first kappa shape index (κ1) is 22.1. The number of amides is 1. The largest absolute Gasteiger partial charge is 0.384 e. The zero-order valence-electron chi connectivity index (χ0n) is 14.1. The zero-order chi connectivity index (χ0) is 16.8. The lowest BCUT2D eigenvalue weighted by atomic mass is 9.87. The highest BCUT2D eigenvalue weighted by Gasteiger charge is 2.27. The van der Waals surface area contributed by atoms with Gasteiger partial charge < -0.3 is 15.8 Å². The van der Waals surface area contributed by atoms with Crippen LogP contribution in [-0.4, -0.2) is 35.6 Å². The molecule has 0 saturated carbocycles. The summed E-state index contributed by atoms with van der Waals surface area (Å²) in [4.78, 5) is 12.1. The van der Waals surface area contributed by atoms with E-state index in [9.17, 15) is 9.00 Å². The van der Waals surface area contributed by atoms with Crippen LogP contribution < -0.4 is 11.1 Å². The fourth-order valence-corrected chi connectivity index (χ4v) is 2.83. The molecule has 3 N–H and O–H groups in total. The van der Waals surface area contributed by atoms with E-state index in [0.717, 1.165) is 5.56 Å². The normalized spacial score (nSPS) is 13.8. The van der Waals surface area contributed by atoms with Gasteiger partial charge in [0.25, 0.3) is 0 Å². The molecule has 132 valence electrons. The summed E-state index contributed by atoms with van der Waals surface area (Å²) in [5, 5.41) is 2.82. The summed E-state index contributed by atoms with van der Waals surface area (Å²) in [6.07, 6.45) is 0. The molecule has 1 aromatic rings. The van der Waals surface area contributed by atoms with Gasteiger partial charge in [-0.25, -0.2) is 0 Å². The summed E-state index contributed by atoms with van der Waals surface area (Å²) in [7, 11) is 0.612. The molecule has 0 aliphatic carbocycles. The van der Waals surface area contributed by atoms with E-state index in [1.165, 1.54) is 0 Å². The van der Waals surface area contributed by atoms with Crippen LogP contribution in [0.25, 0.3) is 0 Å². The van der Waals surface area contributed by atoms with Crippen molar-refractivity contribution in [3.63, 3.8) is 0 Å². The van der Waals surface area contributed by atoms with Gasteiger partial charge in [-0.15, -0.1) is 12.4 Å². The molecule has 23 heavy (non-hydrogen) atoms. The van der Waals surface area contributed by atoms with Crippen LogP contribution in [0.5, 0.6) is 0 Å². The first-order valence-electron chi connectivity index (χ1n) is 7.23. The molecule has 0 aliphatic rings. The first-order chi connectivity index (χ1) is 10.2. The van der Waals surface area contributed by atoms with Crippen LogP contribution in [0.1, 0.15) is 26.3 Å². The van der Waals surface area contributed by atoms with Gasteiger partial charge in [-0.05, 0) is 23.1 Å². The number of hydrogen-bond donors (Lipinski definition) is 2. The highest BCUT2D eigenvalue weighted by atomic mass is 35.5. The lowest BCUT2D eigenvalue weighted by molar-refractivity contribution is -0.119. The average molecular weight is 363 g/mol. The molecule has 1 aromatic carbocycles. The number of anilines is 1. The molecule has 0 bridgehead atoms. The van der Waals surface area contributed by atoms with Gasteiger partial charge in [-0.2, -0.15) is 0 Å². The predicted molar refractivity (Wildman–Crippen MR) is 98.3 cm³/mol. The van der Waals surface area contributed by atoms with Crippen LogP contribution in [0, 0.1) is 5.41 Å². The van der Waals surface area contributed by atoms with E-state index in [1.807, 2.05) is 39.0 Å². The molecule has 0 aromatic heterocycles. The van der Waals surface area contributed by atoms with Crippen LogP contribution in [0.2, 0.25) is 0 Å². The van der Waals surface area contributed by atoms with Crippen molar-refractivity contribution >= 4 is 34.8 Å². The number of halogens is 1. The van der Waals surface area contributed by atoms with Crippen molar-refractivity contribution in [3.8, 4) is 0 Å². The minimum absolute atomic E-state index is 0. The summed E-state index contributed by atoms with van der Waals surface area (Å²) in [5.41, 5.74) is 7.22. The van der Waals surface area contributed by atoms with Crippen LogP contribution in [0.3, 0.4) is 0 Å². The summed E-state index contributed by atoms with van der Waals surface area (Å²) in [6.45, 7) is 6.25. The molecular formula is C16H27ClN2O3S. The van der Waals surface area contributed by atoms with Gasteiger partial charge in [0, 0.05) is 35.1 Å². The molecule has 1 rings (SSSR count). The number of hydrogen-bond acceptors (Lipinski definition) is 4. The first-order valence-corrected chi connectivity index (χ1v) is 8.72. The Morgan fingerprint density at radius 2 is 2.04 bits per heavy atom.